The van der Waals surface area contributed by atoms with Crippen LogP contribution in [0.25, 0.3) is 0 Å². The van der Waals surface area contributed by atoms with Gasteiger partial charge in [-0.1, -0.05) is 6.92 Å². The molecule has 1 saturated carbocycles. The number of hydrogen-bond donors (Lipinski definition) is 1. The van der Waals surface area contributed by atoms with Gasteiger partial charge in [-0.3, -0.25) is 4.79 Å². The van der Waals surface area contributed by atoms with Gasteiger partial charge >= 0.3 is 6.09 Å². The number of piperidine rings is 2. The number of amides is 2. The normalized spacial score (nSPS) is 25.8. The van der Waals surface area contributed by atoms with Crippen molar-refractivity contribution in [2.75, 3.05) is 13.2 Å². The van der Waals surface area contributed by atoms with Crippen molar-refractivity contribution in [3.8, 4) is 5.75 Å². The van der Waals surface area contributed by atoms with Crippen LogP contribution in [-0.2, 0) is 4.74 Å². The number of alkyl carbamates (subject to hydrolysis) is 1. The van der Waals surface area contributed by atoms with Gasteiger partial charge in [-0.25, -0.2) is 9.78 Å². The van der Waals surface area contributed by atoms with Crippen LogP contribution in [0, 0.1) is 18.8 Å². The first kappa shape index (κ1) is 21.4. The van der Waals surface area contributed by atoms with Gasteiger partial charge in [-0.05, 0) is 71.4 Å². The fraction of sp³-hybridized carbons (Fsp3) is 0.682. The fourth-order valence-electron chi connectivity index (χ4n) is 4.32. The summed E-state index contributed by atoms with van der Waals surface area (Å²) in [5.41, 5.74) is 0.570. The average Bonchev–Trinajstić information content (AvgIpc) is 2.58. The highest BCUT2D eigenvalue weighted by Crippen LogP contribution is 2.47. The minimum atomic E-state index is -0.558. The van der Waals surface area contributed by atoms with Crippen LogP contribution in [0.3, 0.4) is 0 Å². The Morgan fingerprint density at radius 1 is 1.28 bits per heavy atom. The topological polar surface area (TPSA) is 80.8 Å². The number of nitrogens with zero attached hydrogens (tertiary/aromatic N) is 2. The van der Waals surface area contributed by atoms with E-state index in [-0.39, 0.29) is 18.0 Å². The molecule has 0 radical (unpaired) electrons. The summed E-state index contributed by atoms with van der Waals surface area (Å²) in [7, 11) is 0. The van der Waals surface area contributed by atoms with E-state index in [2.05, 4.69) is 17.2 Å². The van der Waals surface area contributed by atoms with Crippen LogP contribution in [0.5, 0.6) is 5.75 Å². The Bertz CT molecular complexity index is 768. The zero-order valence-electron chi connectivity index (χ0n) is 18.3. The van der Waals surface area contributed by atoms with Crippen molar-refractivity contribution in [2.45, 2.75) is 72.1 Å². The molecule has 1 aliphatic carbocycles. The summed E-state index contributed by atoms with van der Waals surface area (Å²) in [6.45, 7) is 12.3. The standard InChI is InChI=1S/C22H33N3O4/c1-7-28-18-9-8-13(2)24-19(18)20(26)25-16-10-15(11-16)14(3)17(25)12-23-21(27)29-22(4,5)6/h8-9,14-17H,7,10-12H2,1-6H3,(H,23,27)/t14-,15?,16?,17?/m1/s1. The van der Waals surface area contributed by atoms with Crippen molar-refractivity contribution in [2.24, 2.45) is 11.8 Å². The summed E-state index contributed by atoms with van der Waals surface area (Å²) in [6.07, 6.45) is 1.55. The zero-order valence-corrected chi connectivity index (χ0v) is 18.3. The first-order chi connectivity index (χ1) is 13.6. The zero-order chi connectivity index (χ0) is 21.3. The molecule has 0 aromatic carbocycles. The van der Waals surface area contributed by atoms with Gasteiger partial charge in [0.2, 0.25) is 0 Å². The first-order valence-electron chi connectivity index (χ1n) is 10.5. The van der Waals surface area contributed by atoms with Crippen molar-refractivity contribution in [3.63, 3.8) is 0 Å². The number of nitrogens with one attached hydrogen (secondary N) is 1. The van der Waals surface area contributed by atoms with Gasteiger partial charge in [0.25, 0.3) is 5.91 Å². The summed E-state index contributed by atoms with van der Waals surface area (Å²) in [5, 5.41) is 2.86. The molecule has 1 aromatic heterocycles. The summed E-state index contributed by atoms with van der Waals surface area (Å²) in [6, 6.07) is 3.75. The number of rotatable bonds is 5. The van der Waals surface area contributed by atoms with Crippen LogP contribution >= 0.6 is 0 Å². The molecule has 1 aromatic rings. The third-order valence-corrected chi connectivity index (χ3v) is 5.84. The summed E-state index contributed by atoms with van der Waals surface area (Å²) < 4.78 is 11.0. The van der Waals surface area contributed by atoms with Crippen molar-refractivity contribution in [1.82, 2.24) is 15.2 Å². The molecular weight excluding hydrogens is 370 g/mol. The van der Waals surface area contributed by atoms with Crippen molar-refractivity contribution >= 4 is 12.0 Å². The summed E-state index contributed by atoms with van der Waals surface area (Å²) in [4.78, 5) is 32.1. The fourth-order valence-corrected chi connectivity index (χ4v) is 4.32. The number of aryl methyl sites for hydroxylation is 1. The van der Waals surface area contributed by atoms with Gasteiger partial charge in [0.15, 0.2) is 11.4 Å². The minimum absolute atomic E-state index is 0.0932. The monoisotopic (exact) mass is 403 g/mol. The first-order valence-corrected chi connectivity index (χ1v) is 10.5. The molecule has 3 aliphatic rings. The Kier molecular flexibility index (Phi) is 6.05. The van der Waals surface area contributed by atoms with E-state index in [0.29, 0.717) is 36.4 Å². The van der Waals surface area contributed by atoms with E-state index in [0.717, 1.165) is 18.5 Å². The quantitative estimate of drug-likeness (QED) is 0.813. The lowest BCUT2D eigenvalue weighted by Crippen LogP contribution is -2.65. The smallest absolute Gasteiger partial charge is 0.407 e. The molecule has 2 aliphatic heterocycles. The molecule has 2 atom stereocenters. The van der Waals surface area contributed by atoms with Crippen LogP contribution < -0.4 is 10.1 Å². The molecule has 2 bridgehead atoms. The van der Waals surface area contributed by atoms with Gasteiger partial charge in [0.1, 0.15) is 5.60 Å². The van der Waals surface area contributed by atoms with Crippen LogP contribution in [-0.4, -0.2) is 52.7 Å². The highest BCUT2D eigenvalue weighted by molar-refractivity contribution is 5.95. The van der Waals surface area contributed by atoms with E-state index in [1.54, 1.807) is 0 Å². The number of fused-ring (bicyclic) bond motifs is 2. The van der Waals surface area contributed by atoms with E-state index < -0.39 is 11.7 Å². The molecule has 29 heavy (non-hydrogen) atoms. The lowest BCUT2D eigenvalue weighted by atomic mass is 9.64. The van der Waals surface area contributed by atoms with Crippen LogP contribution in [0.1, 0.15) is 63.6 Å². The van der Waals surface area contributed by atoms with Gasteiger partial charge in [0.05, 0.1) is 12.6 Å². The van der Waals surface area contributed by atoms with E-state index in [4.69, 9.17) is 9.47 Å². The molecule has 1 N–H and O–H groups in total. The number of pyridine rings is 1. The minimum Gasteiger partial charge on any atom is -0.491 e. The SMILES string of the molecule is CCOc1ccc(C)nc1C(=O)N1C2CC(C2)[C@@H](C)C1CNC(=O)OC(C)(C)C. The molecular formula is C22H33N3O4. The Hall–Kier alpha value is -2.31. The van der Waals surface area contributed by atoms with Gasteiger partial charge < -0.3 is 19.7 Å². The Morgan fingerprint density at radius 3 is 2.59 bits per heavy atom. The van der Waals surface area contributed by atoms with E-state index >= 15 is 0 Å². The molecule has 2 saturated heterocycles. The second-order valence-corrected chi connectivity index (χ2v) is 9.14. The number of ether oxygens (including phenoxy) is 2. The van der Waals surface area contributed by atoms with Crippen molar-refractivity contribution < 1.29 is 19.1 Å². The second kappa shape index (κ2) is 8.20. The lowest BCUT2D eigenvalue weighted by molar-refractivity contribution is -0.0548. The summed E-state index contributed by atoms with van der Waals surface area (Å²) >= 11 is 0. The molecule has 4 rings (SSSR count). The molecule has 2 amide bonds. The van der Waals surface area contributed by atoms with Crippen LogP contribution in [0.15, 0.2) is 12.1 Å². The third kappa shape index (κ3) is 4.65. The molecule has 0 spiro atoms. The average molecular weight is 404 g/mol. The Labute approximate surface area is 173 Å². The van der Waals surface area contributed by atoms with E-state index in [1.165, 1.54) is 0 Å². The van der Waals surface area contributed by atoms with Crippen molar-refractivity contribution in [1.29, 1.82) is 0 Å². The highest BCUT2D eigenvalue weighted by atomic mass is 16.6. The van der Waals surface area contributed by atoms with Crippen LogP contribution in [0.4, 0.5) is 4.79 Å². The Balaban J connectivity index is 1.81. The van der Waals surface area contributed by atoms with Gasteiger partial charge in [-0.15, -0.1) is 0 Å². The molecule has 3 heterocycles. The molecule has 3 fully saturated rings. The molecule has 160 valence electrons. The van der Waals surface area contributed by atoms with Gasteiger partial charge in [0, 0.05) is 18.3 Å². The predicted octanol–water partition coefficient (Wildman–Crippen LogP) is 3.55. The largest absolute Gasteiger partial charge is 0.491 e. The maximum atomic E-state index is 13.6. The lowest BCUT2D eigenvalue weighted by Gasteiger charge is -2.57. The Morgan fingerprint density at radius 2 is 1.97 bits per heavy atom. The number of carbonyl (C=O) groups excluding carboxylic acids is 2. The summed E-state index contributed by atoms with van der Waals surface area (Å²) in [5.74, 6) is 1.27. The second-order valence-electron chi connectivity index (χ2n) is 9.14. The predicted molar refractivity (Wildman–Crippen MR) is 110 cm³/mol. The molecule has 7 heteroatoms. The van der Waals surface area contributed by atoms with Crippen molar-refractivity contribution in [3.05, 3.63) is 23.5 Å². The number of carbonyl (C=O) groups is 2. The maximum Gasteiger partial charge on any atom is 0.407 e. The van der Waals surface area contributed by atoms with Gasteiger partial charge in [-0.2, -0.15) is 0 Å². The molecule has 7 nitrogen and oxygen atoms in total. The molecule has 1 unspecified atom stereocenters. The van der Waals surface area contributed by atoms with E-state index in [1.807, 2.05) is 51.7 Å². The number of hydrogen-bond acceptors (Lipinski definition) is 5. The van der Waals surface area contributed by atoms with Crippen LogP contribution in [0.2, 0.25) is 0 Å². The highest BCUT2D eigenvalue weighted by Gasteiger charge is 2.51. The number of aromatic nitrogens is 1. The maximum absolute atomic E-state index is 13.6. The third-order valence-electron chi connectivity index (χ3n) is 5.84. The van der Waals surface area contributed by atoms with E-state index in [9.17, 15) is 9.59 Å².